The van der Waals surface area contributed by atoms with Crippen molar-refractivity contribution >= 4 is 11.9 Å². The zero-order valence-corrected chi connectivity index (χ0v) is 18.5. The van der Waals surface area contributed by atoms with E-state index in [9.17, 15) is 13.6 Å². The minimum absolute atomic E-state index is 0.154. The molecule has 0 aliphatic carbocycles. The Bertz CT molecular complexity index is 932. The van der Waals surface area contributed by atoms with Gasteiger partial charge in [0.05, 0.1) is 6.54 Å². The minimum atomic E-state index is -2.87. The lowest BCUT2D eigenvalue weighted by Gasteiger charge is -2.16. The van der Waals surface area contributed by atoms with Gasteiger partial charge < -0.3 is 20.3 Å². The molecule has 1 amide bonds. The Labute approximate surface area is 187 Å². The fraction of sp³-hybridized carbons (Fsp3) is 0.417. The van der Waals surface area contributed by atoms with Crippen molar-refractivity contribution in [2.75, 3.05) is 13.1 Å². The number of likely N-dealkylation sites (tertiary alicyclic amines) is 1. The van der Waals surface area contributed by atoms with Crippen molar-refractivity contribution in [2.24, 2.45) is 4.99 Å². The van der Waals surface area contributed by atoms with Gasteiger partial charge in [0, 0.05) is 38.2 Å². The van der Waals surface area contributed by atoms with Crippen LogP contribution in [-0.4, -0.2) is 36.5 Å². The van der Waals surface area contributed by atoms with Crippen molar-refractivity contribution < 1.29 is 18.3 Å². The largest absolute Gasteiger partial charge is 0.434 e. The average molecular weight is 445 g/mol. The van der Waals surface area contributed by atoms with Crippen molar-refractivity contribution in [2.45, 2.75) is 52.9 Å². The third-order valence-electron chi connectivity index (χ3n) is 5.21. The maximum Gasteiger partial charge on any atom is 0.387 e. The molecule has 1 aliphatic heterocycles. The van der Waals surface area contributed by atoms with Crippen molar-refractivity contribution in [1.29, 1.82) is 0 Å². The van der Waals surface area contributed by atoms with E-state index in [4.69, 9.17) is 0 Å². The molecule has 0 unspecified atom stereocenters. The molecule has 32 heavy (non-hydrogen) atoms. The smallest absolute Gasteiger partial charge is 0.387 e. The third kappa shape index (κ3) is 6.93. The fourth-order valence-corrected chi connectivity index (χ4v) is 3.59. The monoisotopic (exact) mass is 444 g/mol. The summed E-state index contributed by atoms with van der Waals surface area (Å²) in [6.07, 6.45) is 1.58. The van der Waals surface area contributed by atoms with Crippen molar-refractivity contribution in [3.8, 4) is 5.75 Å². The third-order valence-corrected chi connectivity index (χ3v) is 5.21. The maximum atomic E-state index is 12.7. The summed E-state index contributed by atoms with van der Waals surface area (Å²) in [6, 6.07) is 13.2. The Morgan fingerprint density at radius 2 is 1.91 bits per heavy atom. The standard InChI is InChI=1S/C24H30F2N4O2/c1-3-27-24(29-15-20-13-17(2)6-11-21(20)32-23(25)26)28-14-18-7-9-19(10-8-18)16-30-12-4-5-22(30)31/h6-11,13,23H,3-5,12,14-16H2,1-2H3,(H2,27,28,29). The van der Waals surface area contributed by atoms with Gasteiger partial charge in [-0.1, -0.05) is 42.0 Å². The van der Waals surface area contributed by atoms with Crippen molar-refractivity contribution in [3.05, 3.63) is 64.7 Å². The van der Waals surface area contributed by atoms with Crippen LogP contribution in [0.15, 0.2) is 47.5 Å². The number of hydrogen-bond acceptors (Lipinski definition) is 3. The van der Waals surface area contributed by atoms with Crippen LogP contribution in [0.1, 0.15) is 42.0 Å². The number of amides is 1. The van der Waals surface area contributed by atoms with Crippen LogP contribution in [0, 0.1) is 6.92 Å². The Morgan fingerprint density at radius 1 is 1.16 bits per heavy atom. The molecule has 0 bridgehead atoms. The van der Waals surface area contributed by atoms with E-state index in [-0.39, 0.29) is 11.7 Å². The van der Waals surface area contributed by atoms with Crippen LogP contribution in [0.25, 0.3) is 0 Å². The first-order chi connectivity index (χ1) is 15.4. The molecule has 1 aliphatic rings. The van der Waals surface area contributed by atoms with Crippen LogP contribution < -0.4 is 15.4 Å². The zero-order chi connectivity index (χ0) is 22.9. The van der Waals surface area contributed by atoms with Gasteiger partial charge in [-0.15, -0.1) is 0 Å². The van der Waals surface area contributed by atoms with Crippen LogP contribution in [0.2, 0.25) is 0 Å². The zero-order valence-electron chi connectivity index (χ0n) is 18.5. The number of aliphatic imine (C=N–C) groups is 1. The van der Waals surface area contributed by atoms with Crippen LogP contribution in [0.5, 0.6) is 5.75 Å². The molecule has 0 saturated carbocycles. The quantitative estimate of drug-likeness (QED) is 0.454. The number of halogens is 2. The summed E-state index contributed by atoms with van der Waals surface area (Å²) in [5, 5.41) is 6.35. The number of alkyl halides is 2. The Hall–Kier alpha value is -3.16. The van der Waals surface area contributed by atoms with Gasteiger partial charge >= 0.3 is 6.61 Å². The van der Waals surface area contributed by atoms with Gasteiger partial charge in [0.15, 0.2) is 5.96 Å². The fourth-order valence-electron chi connectivity index (χ4n) is 3.59. The molecule has 1 heterocycles. The predicted octanol–water partition coefficient (Wildman–Crippen LogP) is 3.97. The lowest BCUT2D eigenvalue weighted by atomic mass is 10.1. The van der Waals surface area contributed by atoms with E-state index in [0.29, 0.717) is 44.1 Å². The highest BCUT2D eigenvalue weighted by molar-refractivity contribution is 5.80. The molecule has 3 rings (SSSR count). The van der Waals surface area contributed by atoms with Crippen LogP contribution in [0.3, 0.4) is 0 Å². The van der Waals surface area contributed by atoms with Gasteiger partial charge in [0.25, 0.3) is 0 Å². The highest BCUT2D eigenvalue weighted by Crippen LogP contribution is 2.22. The van der Waals surface area contributed by atoms with Gasteiger partial charge in [-0.05, 0) is 37.5 Å². The maximum absolute atomic E-state index is 12.7. The first-order valence-corrected chi connectivity index (χ1v) is 10.9. The van der Waals surface area contributed by atoms with Crippen molar-refractivity contribution in [3.63, 3.8) is 0 Å². The van der Waals surface area contributed by atoms with Crippen LogP contribution in [0.4, 0.5) is 8.78 Å². The summed E-state index contributed by atoms with van der Waals surface area (Å²) in [5.74, 6) is 0.959. The summed E-state index contributed by atoms with van der Waals surface area (Å²) in [7, 11) is 0. The summed E-state index contributed by atoms with van der Waals surface area (Å²) >= 11 is 0. The summed E-state index contributed by atoms with van der Waals surface area (Å²) in [5.41, 5.74) is 3.73. The van der Waals surface area contributed by atoms with E-state index in [1.165, 1.54) is 0 Å². The van der Waals surface area contributed by atoms with Crippen LogP contribution in [-0.2, 0) is 24.4 Å². The molecule has 6 nitrogen and oxygen atoms in total. The van der Waals surface area contributed by atoms with E-state index in [2.05, 4.69) is 20.4 Å². The summed E-state index contributed by atoms with van der Waals surface area (Å²) in [4.78, 5) is 18.3. The number of ether oxygens (including phenoxy) is 1. The number of guanidine groups is 1. The van der Waals surface area contributed by atoms with E-state index < -0.39 is 6.61 Å². The molecule has 1 fully saturated rings. The number of nitrogens with one attached hydrogen (secondary N) is 2. The summed E-state index contributed by atoms with van der Waals surface area (Å²) < 4.78 is 30.0. The van der Waals surface area contributed by atoms with Gasteiger partial charge in [-0.25, -0.2) is 4.99 Å². The van der Waals surface area contributed by atoms with Gasteiger partial charge in [-0.2, -0.15) is 8.78 Å². The number of hydrogen-bond donors (Lipinski definition) is 2. The molecular formula is C24H30F2N4O2. The summed E-state index contributed by atoms with van der Waals surface area (Å²) in [6.45, 7) is 3.90. The number of rotatable bonds is 9. The molecule has 2 aromatic rings. The lowest BCUT2D eigenvalue weighted by molar-refractivity contribution is -0.128. The predicted molar refractivity (Wildman–Crippen MR) is 121 cm³/mol. The number of aryl methyl sites for hydroxylation is 1. The Morgan fingerprint density at radius 3 is 2.56 bits per heavy atom. The molecule has 2 N–H and O–H groups in total. The molecule has 0 aromatic heterocycles. The van der Waals surface area contributed by atoms with E-state index in [0.717, 1.165) is 29.7 Å². The van der Waals surface area contributed by atoms with Gasteiger partial charge in [-0.3, -0.25) is 4.79 Å². The molecule has 0 radical (unpaired) electrons. The second kappa shape index (κ2) is 11.5. The first-order valence-electron chi connectivity index (χ1n) is 10.9. The lowest BCUT2D eigenvalue weighted by Crippen LogP contribution is -2.36. The molecule has 8 heteroatoms. The molecule has 2 aromatic carbocycles. The first kappa shape index (κ1) is 23.5. The second-order valence-electron chi connectivity index (χ2n) is 7.77. The van der Waals surface area contributed by atoms with Crippen molar-refractivity contribution in [1.82, 2.24) is 15.5 Å². The topological polar surface area (TPSA) is 66.0 Å². The van der Waals surface area contributed by atoms with E-state index in [1.807, 2.05) is 49.1 Å². The average Bonchev–Trinajstić information content (AvgIpc) is 3.17. The highest BCUT2D eigenvalue weighted by Gasteiger charge is 2.19. The molecule has 1 saturated heterocycles. The molecule has 172 valence electrons. The molecule has 0 atom stereocenters. The Kier molecular flexibility index (Phi) is 8.41. The van der Waals surface area contributed by atoms with Gasteiger partial charge in [0.2, 0.25) is 5.91 Å². The molecular weight excluding hydrogens is 414 g/mol. The van der Waals surface area contributed by atoms with Crippen LogP contribution >= 0.6 is 0 Å². The number of carbonyl (C=O) groups excluding carboxylic acids is 1. The van der Waals surface area contributed by atoms with E-state index >= 15 is 0 Å². The number of benzene rings is 2. The molecule has 0 spiro atoms. The Balaban J connectivity index is 1.60. The minimum Gasteiger partial charge on any atom is -0.434 e. The number of carbonyl (C=O) groups is 1. The van der Waals surface area contributed by atoms with Gasteiger partial charge in [0.1, 0.15) is 5.75 Å². The van der Waals surface area contributed by atoms with E-state index in [1.54, 1.807) is 12.1 Å². The number of nitrogens with zero attached hydrogens (tertiary/aromatic N) is 2. The highest BCUT2D eigenvalue weighted by atomic mass is 19.3. The second-order valence-corrected chi connectivity index (χ2v) is 7.77. The SMILES string of the molecule is CCNC(=NCc1ccc(CN2CCCC2=O)cc1)NCc1cc(C)ccc1OC(F)F. The normalized spacial score (nSPS) is 14.2.